The van der Waals surface area contributed by atoms with Crippen molar-refractivity contribution in [3.8, 4) is 0 Å². The van der Waals surface area contributed by atoms with E-state index in [1.54, 1.807) is 33.9 Å². The summed E-state index contributed by atoms with van der Waals surface area (Å²) in [6, 6.07) is 1.68. The van der Waals surface area contributed by atoms with Gasteiger partial charge < -0.3 is 4.74 Å². The van der Waals surface area contributed by atoms with Crippen molar-refractivity contribution in [3.63, 3.8) is 0 Å². The van der Waals surface area contributed by atoms with Crippen LogP contribution >= 0.6 is 0 Å². The molecule has 0 radical (unpaired) electrons. The van der Waals surface area contributed by atoms with Crippen LogP contribution in [0.5, 0.6) is 0 Å². The predicted molar refractivity (Wildman–Crippen MR) is 99.8 cm³/mol. The number of methoxy groups -OCH3 is 1. The van der Waals surface area contributed by atoms with Gasteiger partial charge in [0.2, 0.25) is 0 Å². The fourth-order valence-corrected chi connectivity index (χ4v) is 3.35. The van der Waals surface area contributed by atoms with Crippen molar-refractivity contribution in [2.75, 3.05) is 7.11 Å². The highest BCUT2D eigenvalue weighted by Crippen LogP contribution is 2.22. The molecule has 27 heavy (non-hydrogen) atoms. The average Bonchev–Trinajstić information content (AvgIpc) is 3.12. The molecular weight excluding hydrogens is 348 g/mol. The number of carbonyl (C=O) groups excluding carboxylic acids is 1. The monoisotopic (exact) mass is 372 g/mol. The van der Waals surface area contributed by atoms with Crippen LogP contribution in [0, 0.1) is 6.92 Å². The molecule has 0 aliphatic heterocycles. The van der Waals surface area contributed by atoms with Gasteiger partial charge in [0.15, 0.2) is 5.65 Å². The second kappa shape index (κ2) is 7.34. The Bertz CT molecular complexity index is 1040. The summed E-state index contributed by atoms with van der Waals surface area (Å²) >= 11 is 0. The molecule has 3 aromatic heterocycles. The largest absolute Gasteiger partial charge is 0.465 e. The van der Waals surface area contributed by atoms with Gasteiger partial charge in [-0.15, -0.1) is 0 Å². The molecule has 9 nitrogen and oxygen atoms in total. The van der Waals surface area contributed by atoms with E-state index in [0.29, 0.717) is 28.4 Å². The zero-order valence-electron chi connectivity index (χ0n) is 16.3. The molecule has 0 fully saturated rings. The molecule has 0 amide bonds. The predicted octanol–water partition coefficient (Wildman–Crippen LogP) is 1.83. The van der Waals surface area contributed by atoms with E-state index in [2.05, 4.69) is 15.1 Å². The molecule has 0 N–H and O–H groups in total. The number of esters is 1. The quantitative estimate of drug-likeness (QED) is 0.613. The maximum atomic E-state index is 13.2. The van der Waals surface area contributed by atoms with Gasteiger partial charge in [0.1, 0.15) is 11.6 Å². The molecule has 0 saturated heterocycles. The molecule has 0 bridgehead atoms. The molecular formula is C18H24N6O3. The van der Waals surface area contributed by atoms with Crippen molar-refractivity contribution in [3.05, 3.63) is 40.0 Å². The van der Waals surface area contributed by atoms with Crippen molar-refractivity contribution in [1.29, 1.82) is 0 Å². The third kappa shape index (κ3) is 3.24. The van der Waals surface area contributed by atoms with Gasteiger partial charge in [-0.2, -0.15) is 5.10 Å². The summed E-state index contributed by atoms with van der Waals surface area (Å²) < 4.78 is 9.75. The number of pyridine rings is 1. The number of imidazole rings is 1. The van der Waals surface area contributed by atoms with Gasteiger partial charge in [0, 0.05) is 19.3 Å². The minimum atomic E-state index is -0.492. The number of hydrogen-bond acceptors (Lipinski definition) is 6. The van der Waals surface area contributed by atoms with Gasteiger partial charge in [-0.05, 0) is 25.8 Å². The van der Waals surface area contributed by atoms with E-state index in [0.717, 1.165) is 12.8 Å². The second-order valence-corrected chi connectivity index (χ2v) is 6.47. The number of nitrogens with zero attached hydrogens (tertiary/aromatic N) is 6. The van der Waals surface area contributed by atoms with E-state index in [1.165, 1.54) is 13.3 Å². The summed E-state index contributed by atoms with van der Waals surface area (Å²) in [6.07, 6.45) is 3.06. The maximum Gasteiger partial charge on any atom is 0.339 e. The lowest BCUT2D eigenvalue weighted by Gasteiger charge is -2.13. The van der Waals surface area contributed by atoms with Crippen molar-refractivity contribution in [2.24, 2.45) is 7.05 Å². The van der Waals surface area contributed by atoms with Gasteiger partial charge in [-0.1, -0.05) is 13.8 Å². The van der Waals surface area contributed by atoms with Crippen molar-refractivity contribution >= 4 is 17.1 Å². The summed E-state index contributed by atoms with van der Waals surface area (Å²) in [5, 5.41) is 4.24. The molecule has 9 heteroatoms. The van der Waals surface area contributed by atoms with Crippen molar-refractivity contribution in [1.82, 2.24) is 28.9 Å². The first-order valence-corrected chi connectivity index (χ1v) is 8.96. The van der Waals surface area contributed by atoms with E-state index in [9.17, 15) is 9.59 Å². The highest BCUT2D eigenvalue weighted by atomic mass is 16.5. The van der Waals surface area contributed by atoms with Crippen LogP contribution in [0.15, 0.2) is 17.1 Å². The number of aryl methyl sites for hydroxylation is 2. The van der Waals surface area contributed by atoms with Crippen LogP contribution in [0.3, 0.4) is 0 Å². The Labute approximate surface area is 156 Å². The van der Waals surface area contributed by atoms with Crippen LogP contribution in [0.25, 0.3) is 11.2 Å². The summed E-state index contributed by atoms with van der Waals surface area (Å²) in [4.78, 5) is 34.0. The fraction of sp³-hybridized carbons (Fsp3) is 0.500. The summed E-state index contributed by atoms with van der Waals surface area (Å²) in [7, 11) is 3.11. The number of carbonyl (C=O) groups is 1. The Morgan fingerprint density at radius 2 is 2.00 bits per heavy atom. The van der Waals surface area contributed by atoms with Gasteiger partial charge in [-0.3, -0.25) is 13.8 Å². The van der Waals surface area contributed by atoms with Gasteiger partial charge in [0.25, 0.3) is 0 Å². The van der Waals surface area contributed by atoms with Crippen molar-refractivity contribution < 1.29 is 9.53 Å². The molecule has 0 unspecified atom stereocenters. The van der Waals surface area contributed by atoms with Crippen LogP contribution in [0.4, 0.5) is 0 Å². The first-order chi connectivity index (χ1) is 12.9. The Balaban J connectivity index is 2.25. The lowest BCUT2D eigenvalue weighted by molar-refractivity contribution is 0.0600. The Kier molecular flexibility index (Phi) is 5.11. The van der Waals surface area contributed by atoms with Crippen LogP contribution in [0.1, 0.15) is 54.7 Å². The second-order valence-electron chi connectivity index (χ2n) is 6.47. The molecule has 144 valence electrons. The van der Waals surface area contributed by atoms with E-state index >= 15 is 0 Å². The SMILES string of the molecule is CCC(CC)n1c(=O)n(Cc2nc(C)nn2C)c2cc(C(=O)OC)cnc21. The smallest absolute Gasteiger partial charge is 0.339 e. The van der Waals surface area contributed by atoms with Crippen LogP contribution in [-0.2, 0) is 18.3 Å². The summed E-state index contributed by atoms with van der Waals surface area (Å²) in [5.41, 5.74) is 1.26. The number of fused-ring (bicyclic) bond motifs is 1. The summed E-state index contributed by atoms with van der Waals surface area (Å²) in [5.74, 6) is 0.799. The molecule has 0 spiro atoms. The number of aromatic nitrogens is 6. The van der Waals surface area contributed by atoms with Gasteiger partial charge in [-0.25, -0.2) is 19.6 Å². The first kappa shape index (κ1) is 18.8. The zero-order valence-corrected chi connectivity index (χ0v) is 16.3. The lowest BCUT2D eigenvalue weighted by Crippen LogP contribution is -2.28. The number of ether oxygens (including phenoxy) is 1. The summed E-state index contributed by atoms with van der Waals surface area (Å²) in [6.45, 7) is 6.13. The molecule has 0 aliphatic rings. The molecule has 3 rings (SSSR count). The molecule has 0 saturated carbocycles. The molecule has 3 heterocycles. The molecule has 0 aromatic carbocycles. The Morgan fingerprint density at radius 3 is 2.56 bits per heavy atom. The maximum absolute atomic E-state index is 13.2. The normalized spacial score (nSPS) is 11.5. The van der Waals surface area contributed by atoms with Gasteiger partial charge >= 0.3 is 11.7 Å². The molecule has 3 aromatic rings. The zero-order chi connectivity index (χ0) is 19.7. The number of rotatable bonds is 6. The Morgan fingerprint density at radius 1 is 1.30 bits per heavy atom. The average molecular weight is 372 g/mol. The van der Waals surface area contributed by atoms with Crippen LogP contribution in [0.2, 0.25) is 0 Å². The van der Waals surface area contributed by atoms with Crippen LogP contribution in [-0.4, -0.2) is 42.0 Å². The first-order valence-electron chi connectivity index (χ1n) is 8.96. The van der Waals surface area contributed by atoms with E-state index in [-0.39, 0.29) is 18.3 Å². The van der Waals surface area contributed by atoms with Gasteiger partial charge in [0.05, 0.1) is 24.7 Å². The number of hydrogen-bond donors (Lipinski definition) is 0. The van der Waals surface area contributed by atoms with E-state index in [4.69, 9.17) is 4.74 Å². The highest BCUT2D eigenvalue weighted by Gasteiger charge is 2.22. The minimum Gasteiger partial charge on any atom is -0.465 e. The fourth-order valence-electron chi connectivity index (χ4n) is 3.35. The van der Waals surface area contributed by atoms with E-state index in [1.807, 2.05) is 13.8 Å². The van der Waals surface area contributed by atoms with Crippen molar-refractivity contribution in [2.45, 2.75) is 46.2 Å². The third-order valence-electron chi connectivity index (χ3n) is 4.79. The van der Waals surface area contributed by atoms with Crippen LogP contribution < -0.4 is 5.69 Å². The highest BCUT2D eigenvalue weighted by molar-refractivity contribution is 5.92. The lowest BCUT2D eigenvalue weighted by atomic mass is 10.1. The standard InChI is InChI=1S/C18H24N6O3/c1-6-13(7-2)24-16-14(8-12(9-19-16)17(25)27-5)23(18(24)26)10-15-20-11(3)21-22(15)4/h8-9,13H,6-7,10H2,1-5H3. The minimum absolute atomic E-state index is 0.0268. The third-order valence-corrected chi connectivity index (χ3v) is 4.79. The molecule has 0 aliphatic carbocycles. The Hall–Kier alpha value is -2.97. The molecule has 0 atom stereocenters. The topological polar surface area (TPSA) is 96.8 Å². The van der Waals surface area contributed by atoms with E-state index < -0.39 is 5.97 Å².